The Morgan fingerprint density at radius 3 is 2.78 bits per heavy atom. The molecule has 2 N–H and O–H groups in total. The number of benzene rings is 1. The van der Waals surface area contributed by atoms with E-state index in [9.17, 15) is 4.79 Å². The van der Waals surface area contributed by atoms with Crippen LogP contribution in [0.5, 0.6) is 5.75 Å². The van der Waals surface area contributed by atoms with Crippen LogP contribution in [-0.4, -0.2) is 36.3 Å². The predicted molar refractivity (Wildman–Crippen MR) is 92.7 cm³/mol. The molecule has 0 radical (unpaired) electrons. The van der Waals surface area contributed by atoms with Crippen molar-refractivity contribution in [2.45, 2.75) is 45.8 Å². The summed E-state index contributed by atoms with van der Waals surface area (Å²) < 4.78 is 5.48. The van der Waals surface area contributed by atoms with E-state index in [1.165, 1.54) is 11.1 Å². The van der Waals surface area contributed by atoms with E-state index in [0.717, 1.165) is 30.0 Å². The van der Waals surface area contributed by atoms with Gasteiger partial charge in [0.1, 0.15) is 11.9 Å². The maximum Gasteiger partial charge on any atom is 0.319 e. The molecule has 0 aromatic heterocycles. The zero-order valence-electron chi connectivity index (χ0n) is 14.5. The number of fused-ring (bicyclic) bond motifs is 2. The van der Waals surface area contributed by atoms with Crippen LogP contribution >= 0.6 is 0 Å². The molecule has 5 nitrogen and oxygen atoms in total. The number of anilines is 1. The van der Waals surface area contributed by atoms with Crippen molar-refractivity contribution in [3.63, 3.8) is 0 Å². The minimum Gasteiger partial charge on any atom is -0.495 e. The van der Waals surface area contributed by atoms with Crippen LogP contribution in [0.15, 0.2) is 17.7 Å². The van der Waals surface area contributed by atoms with Crippen molar-refractivity contribution < 1.29 is 9.53 Å². The molecule has 1 aromatic carbocycles. The summed E-state index contributed by atoms with van der Waals surface area (Å²) >= 11 is 0. The highest BCUT2D eigenvalue weighted by Crippen LogP contribution is 2.40. The first-order valence-corrected chi connectivity index (χ1v) is 8.03. The van der Waals surface area contributed by atoms with Gasteiger partial charge in [-0.25, -0.2) is 4.79 Å². The number of nitrogens with zero attached hydrogens (tertiary/aromatic N) is 1. The number of carbonyl (C=O) groups excluding carboxylic acids is 1. The predicted octanol–water partition coefficient (Wildman–Crippen LogP) is 3.35. The van der Waals surface area contributed by atoms with Crippen molar-refractivity contribution in [3.05, 3.63) is 28.8 Å². The number of likely N-dealkylation sites (tertiary alicyclic amines) is 1. The molecule has 2 amide bonds. The number of carbonyl (C=O) groups is 1. The van der Waals surface area contributed by atoms with E-state index < -0.39 is 0 Å². The molecule has 2 aliphatic heterocycles. The number of hydrogen-bond donors (Lipinski definition) is 2. The standard InChI is InChI=1S/C18H25N3O2/c1-11-6-7-14(23-5)15-13(11)10-12-8-9-21(16(12)19-15)17(22)20-18(2,3)4/h6-7,10,16,19H,8-9H2,1-5H3,(H,20,22). The molecule has 1 saturated heterocycles. The molecule has 23 heavy (non-hydrogen) atoms. The second-order valence-corrected chi connectivity index (χ2v) is 7.26. The van der Waals surface area contributed by atoms with Crippen LogP contribution in [0.2, 0.25) is 0 Å². The van der Waals surface area contributed by atoms with E-state index in [4.69, 9.17) is 4.74 Å². The minimum absolute atomic E-state index is 0.0338. The van der Waals surface area contributed by atoms with Crippen molar-refractivity contribution in [2.24, 2.45) is 0 Å². The van der Waals surface area contributed by atoms with E-state index >= 15 is 0 Å². The van der Waals surface area contributed by atoms with Crippen molar-refractivity contribution in [3.8, 4) is 5.75 Å². The van der Waals surface area contributed by atoms with Gasteiger partial charge >= 0.3 is 6.03 Å². The molecular weight excluding hydrogens is 290 g/mol. The molecule has 1 unspecified atom stereocenters. The summed E-state index contributed by atoms with van der Waals surface area (Å²) in [6.45, 7) is 8.80. The fourth-order valence-electron chi connectivity index (χ4n) is 3.18. The number of amides is 2. The second kappa shape index (κ2) is 5.48. The lowest BCUT2D eigenvalue weighted by molar-refractivity contribution is 0.190. The molecule has 1 atom stereocenters. The van der Waals surface area contributed by atoms with Gasteiger partial charge in [-0.05, 0) is 57.4 Å². The highest BCUT2D eigenvalue weighted by Gasteiger charge is 2.37. The Labute approximate surface area is 137 Å². The summed E-state index contributed by atoms with van der Waals surface area (Å²) in [6.07, 6.45) is 3.00. The number of urea groups is 1. The fraction of sp³-hybridized carbons (Fsp3) is 0.500. The number of ether oxygens (including phenoxy) is 1. The minimum atomic E-state index is -0.246. The van der Waals surface area contributed by atoms with E-state index in [1.54, 1.807) is 7.11 Å². The second-order valence-electron chi connectivity index (χ2n) is 7.26. The summed E-state index contributed by atoms with van der Waals surface area (Å²) in [5, 5.41) is 6.55. The van der Waals surface area contributed by atoms with Gasteiger partial charge in [0.05, 0.1) is 12.8 Å². The molecule has 5 heteroatoms. The first-order valence-electron chi connectivity index (χ1n) is 8.03. The average Bonchev–Trinajstić information content (AvgIpc) is 2.87. The smallest absolute Gasteiger partial charge is 0.319 e. The Morgan fingerprint density at radius 1 is 1.39 bits per heavy atom. The van der Waals surface area contributed by atoms with Gasteiger partial charge in [0.2, 0.25) is 0 Å². The average molecular weight is 315 g/mol. The molecule has 1 aromatic rings. The highest BCUT2D eigenvalue weighted by molar-refractivity contribution is 5.84. The monoisotopic (exact) mass is 315 g/mol. The Balaban J connectivity index is 1.91. The zero-order chi connectivity index (χ0) is 16.8. The third-order valence-electron chi connectivity index (χ3n) is 4.30. The summed E-state index contributed by atoms with van der Waals surface area (Å²) in [4.78, 5) is 14.4. The molecule has 124 valence electrons. The largest absolute Gasteiger partial charge is 0.495 e. The number of hydrogen-bond acceptors (Lipinski definition) is 3. The summed E-state index contributed by atoms with van der Waals surface area (Å²) in [5.74, 6) is 0.809. The van der Waals surface area contributed by atoms with Gasteiger partial charge in [-0.3, -0.25) is 0 Å². The van der Waals surface area contributed by atoms with Gasteiger partial charge in [-0.2, -0.15) is 0 Å². The Hall–Kier alpha value is -2.17. The molecule has 2 heterocycles. The van der Waals surface area contributed by atoms with E-state index in [2.05, 4.69) is 29.7 Å². The number of methoxy groups -OCH3 is 1. The Bertz CT molecular complexity index is 674. The molecular formula is C18H25N3O2. The molecule has 2 aliphatic rings. The molecule has 0 aliphatic carbocycles. The Morgan fingerprint density at radius 2 is 2.13 bits per heavy atom. The molecule has 1 fully saturated rings. The normalized spacial score (nSPS) is 19.4. The molecule has 0 saturated carbocycles. The van der Waals surface area contributed by atoms with E-state index in [0.29, 0.717) is 0 Å². The Kier molecular flexibility index (Phi) is 3.74. The lowest BCUT2D eigenvalue weighted by Crippen LogP contribution is -2.52. The van der Waals surface area contributed by atoms with Crippen LogP contribution in [-0.2, 0) is 0 Å². The van der Waals surface area contributed by atoms with Gasteiger partial charge in [0.25, 0.3) is 0 Å². The van der Waals surface area contributed by atoms with Crippen LogP contribution in [0.3, 0.4) is 0 Å². The van der Waals surface area contributed by atoms with Crippen molar-refractivity contribution >= 4 is 17.8 Å². The quantitative estimate of drug-likeness (QED) is 0.835. The molecule has 3 rings (SSSR count). The number of rotatable bonds is 1. The van der Waals surface area contributed by atoms with Crippen molar-refractivity contribution in [2.75, 3.05) is 19.0 Å². The van der Waals surface area contributed by atoms with Crippen LogP contribution in [0.25, 0.3) is 6.08 Å². The van der Waals surface area contributed by atoms with Crippen LogP contribution in [0, 0.1) is 6.92 Å². The van der Waals surface area contributed by atoms with Crippen molar-refractivity contribution in [1.29, 1.82) is 0 Å². The number of nitrogens with one attached hydrogen (secondary N) is 2. The fourth-order valence-corrected chi connectivity index (χ4v) is 3.18. The summed E-state index contributed by atoms with van der Waals surface area (Å²) in [5.41, 5.74) is 4.34. The van der Waals surface area contributed by atoms with E-state index in [1.807, 2.05) is 31.7 Å². The number of aryl methyl sites for hydroxylation is 1. The third kappa shape index (κ3) is 2.87. The first kappa shape index (κ1) is 15.7. The first-order chi connectivity index (χ1) is 10.8. The topological polar surface area (TPSA) is 53.6 Å². The van der Waals surface area contributed by atoms with Crippen LogP contribution in [0.1, 0.15) is 38.3 Å². The van der Waals surface area contributed by atoms with Crippen molar-refractivity contribution in [1.82, 2.24) is 10.2 Å². The van der Waals surface area contributed by atoms with Gasteiger partial charge < -0.3 is 20.3 Å². The van der Waals surface area contributed by atoms with E-state index in [-0.39, 0.29) is 17.7 Å². The summed E-state index contributed by atoms with van der Waals surface area (Å²) in [6, 6.07) is 4.00. The lowest BCUT2D eigenvalue weighted by Gasteiger charge is -2.33. The maximum absolute atomic E-state index is 12.6. The SMILES string of the molecule is COc1ccc(C)c2c1NC1C(=C2)CCN1C(=O)NC(C)(C)C. The van der Waals surface area contributed by atoms with Gasteiger partial charge in [0.15, 0.2) is 0 Å². The zero-order valence-corrected chi connectivity index (χ0v) is 14.5. The molecule has 0 bridgehead atoms. The lowest BCUT2D eigenvalue weighted by atomic mass is 9.97. The van der Waals surface area contributed by atoms with Gasteiger partial charge in [0, 0.05) is 17.6 Å². The van der Waals surface area contributed by atoms with Crippen LogP contribution in [0.4, 0.5) is 10.5 Å². The van der Waals surface area contributed by atoms with Crippen LogP contribution < -0.4 is 15.4 Å². The maximum atomic E-state index is 12.6. The van der Waals surface area contributed by atoms with Gasteiger partial charge in [-0.15, -0.1) is 0 Å². The third-order valence-corrected chi connectivity index (χ3v) is 4.30. The highest BCUT2D eigenvalue weighted by atomic mass is 16.5. The summed E-state index contributed by atoms with van der Waals surface area (Å²) in [7, 11) is 1.67. The van der Waals surface area contributed by atoms with Gasteiger partial charge in [-0.1, -0.05) is 6.07 Å². The molecule has 0 spiro atoms.